The second-order valence-corrected chi connectivity index (χ2v) is 10.0. The fourth-order valence-electron chi connectivity index (χ4n) is 5.76. The Balaban J connectivity index is 1.38. The van der Waals surface area contributed by atoms with E-state index in [2.05, 4.69) is 26.6 Å². The molecule has 3 aliphatic heterocycles. The number of rotatable bonds is 2. The Morgan fingerprint density at radius 1 is 1.15 bits per heavy atom. The molecule has 3 fully saturated rings. The molecule has 4 rings (SSSR count). The van der Waals surface area contributed by atoms with Gasteiger partial charge in [0.15, 0.2) is 0 Å². The van der Waals surface area contributed by atoms with Gasteiger partial charge in [-0.3, -0.25) is 24.3 Å². The van der Waals surface area contributed by atoms with Gasteiger partial charge in [-0.25, -0.2) is 0 Å². The zero-order valence-electron chi connectivity index (χ0n) is 19.7. The highest BCUT2D eigenvalue weighted by Gasteiger charge is 2.41. The standard InChI is InChI=1S/C25H37N5O3/c1-19(31)30-12-7-22-21(18-30)6-2-3-8-25(24(33)27-16-23(32)28-22)9-13-29(14-10-25)17-20-5-4-11-26-15-20/h4-5,11,15,21-22H,2-3,6-10,12-14,16-18H2,1H3,(H,27,33)(H,28,32)/t21-,22+/m0/s1. The summed E-state index contributed by atoms with van der Waals surface area (Å²) < 4.78 is 0. The van der Waals surface area contributed by atoms with Gasteiger partial charge in [0.1, 0.15) is 0 Å². The lowest BCUT2D eigenvalue weighted by Crippen LogP contribution is -2.55. The smallest absolute Gasteiger partial charge is 0.239 e. The van der Waals surface area contributed by atoms with E-state index in [-0.39, 0.29) is 36.2 Å². The van der Waals surface area contributed by atoms with Crippen LogP contribution in [0.3, 0.4) is 0 Å². The van der Waals surface area contributed by atoms with Crippen molar-refractivity contribution in [2.45, 2.75) is 64.5 Å². The average Bonchev–Trinajstić information content (AvgIpc) is 2.82. The number of fused-ring (bicyclic) bond motifs is 1. The Hall–Kier alpha value is -2.48. The van der Waals surface area contributed by atoms with Gasteiger partial charge in [-0.2, -0.15) is 0 Å². The highest BCUT2D eigenvalue weighted by atomic mass is 16.2. The number of carbonyl (C=O) groups excluding carboxylic acids is 3. The van der Waals surface area contributed by atoms with Crippen LogP contribution in [0, 0.1) is 11.3 Å². The van der Waals surface area contributed by atoms with Crippen molar-refractivity contribution in [3.8, 4) is 0 Å². The van der Waals surface area contributed by atoms with Gasteiger partial charge in [0.05, 0.1) is 12.0 Å². The summed E-state index contributed by atoms with van der Waals surface area (Å²) in [6.07, 6.45) is 9.92. The highest BCUT2D eigenvalue weighted by Crippen LogP contribution is 2.38. The van der Waals surface area contributed by atoms with Crippen LogP contribution in [0.1, 0.15) is 57.4 Å². The second-order valence-electron chi connectivity index (χ2n) is 10.0. The summed E-state index contributed by atoms with van der Waals surface area (Å²) >= 11 is 0. The maximum absolute atomic E-state index is 13.3. The van der Waals surface area contributed by atoms with E-state index in [1.165, 1.54) is 5.56 Å². The summed E-state index contributed by atoms with van der Waals surface area (Å²) in [5.41, 5.74) is 0.789. The molecule has 0 saturated carbocycles. The quantitative estimate of drug-likeness (QED) is 0.708. The largest absolute Gasteiger partial charge is 0.351 e. The molecule has 0 aromatic carbocycles. The van der Waals surface area contributed by atoms with Crippen LogP contribution in [0.25, 0.3) is 0 Å². The summed E-state index contributed by atoms with van der Waals surface area (Å²) in [6, 6.07) is 4.12. The van der Waals surface area contributed by atoms with Gasteiger partial charge in [0.25, 0.3) is 0 Å². The van der Waals surface area contributed by atoms with E-state index in [4.69, 9.17) is 0 Å². The minimum Gasteiger partial charge on any atom is -0.351 e. The van der Waals surface area contributed by atoms with Crippen molar-refractivity contribution in [1.29, 1.82) is 0 Å². The average molecular weight is 456 g/mol. The molecule has 0 bridgehead atoms. The number of carbonyl (C=O) groups is 3. The van der Waals surface area contributed by atoms with E-state index < -0.39 is 5.41 Å². The Labute approximate surface area is 196 Å². The summed E-state index contributed by atoms with van der Waals surface area (Å²) in [4.78, 5) is 46.3. The minimum absolute atomic E-state index is 0.0274. The molecule has 33 heavy (non-hydrogen) atoms. The number of aromatic nitrogens is 1. The number of piperidine rings is 2. The maximum Gasteiger partial charge on any atom is 0.239 e. The van der Waals surface area contributed by atoms with Gasteiger partial charge >= 0.3 is 0 Å². The Kier molecular flexibility index (Phi) is 7.63. The van der Waals surface area contributed by atoms with Gasteiger partial charge in [-0.05, 0) is 62.7 Å². The minimum atomic E-state index is -0.400. The van der Waals surface area contributed by atoms with Crippen molar-refractivity contribution >= 4 is 17.7 Å². The predicted octanol–water partition coefficient (Wildman–Crippen LogP) is 1.71. The zero-order valence-corrected chi connectivity index (χ0v) is 19.7. The monoisotopic (exact) mass is 455 g/mol. The van der Waals surface area contributed by atoms with E-state index in [1.807, 2.05) is 17.2 Å². The third-order valence-electron chi connectivity index (χ3n) is 7.84. The topological polar surface area (TPSA) is 94.6 Å². The molecule has 8 heteroatoms. The zero-order chi connectivity index (χ0) is 23.3. The van der Waals surface area contributed by atoms with Crippen LogP contribution in [0.15, 0.2) is 24.5 Å². The first-order chi connectivity index (χ1) is 15.9. The van der Waals surface area contributed by atoms with E-state index >= 15 is 0 Å². The van der Waals surface area contributed by atoms with Gasteiger partial charge in [-0.15, -0.1) is 0 Å². The number of nitrogens with one attached hydrogen (secondary N) is 2. The summed E-state index contributed by atoms with van der Waals surface area (Å²) in [5, 5.41) is 6.09. The third-order valence-corrected chi connectivity index (χ3v) is 7.84. The fraction of sp³-hybridized carbons (Fsp3) is 0.680. The Morgan fingerprint density at radius 3 is 2.70 bits per heavy atom. The molecule has 4 heterocycles. The number of pyridine rings is 1. The first-order valence-corrected chi connectivity index (χ1v) is 12.4. The van der Waals surface area contributed by atoms with Crippen molar-refractivity contribution in [2.24, 2.45) is 11.3 Å². The molecule has 0 unspecified atom stereocenters. The van der Waals surface area contributed by atoms with Crippen molar-refractivity contribution in [3.63, 3.8) is 0 Å². The second kappa shape index (κ2) is 10.6. The molecule has 1 spiro atoms. The molecule has 1 aromatic heterocycles. The van der Waals surface area contributed by atoms with Crippen molar-refractivity contribution in [2.75, 3.05) is 32.7 Å². The van der Waals surface area contributed by atoms with E-state index in [0.29, 0.717) is 13.1 Å². The number of hydrogen-bond donors (Lipinski definition) is 2. The van der Waals surface area contributed by atoms with Crippen LogP contribution in [-0.4, -0.2) is 71.3 Å². The molecular formula is C25H37N5O3. The van der Waals surface area contributed by atoms with Gasteiger partial charge in [0.2, 0.25) is 17.7 Å². The number of likely N-dealkylation sites (tertiary alicyclic amines) is 2. The number of hydrogen-bond acceptors (Lipinski definition) is 5. The molecular weight excluding hydrogens is 418 g/mol. The Bertz CT molecular complexity index is 838. The van der Waals surface area contributed by atoms with Crippen LogP contribution in [0.2, 0.25) is 0 Å². The van der Waals surface area contributed by atoms with Crippen molar-refractivity contribution in [1.82, 2.24) is 25.4 Å². The maximum atomic E-state index is 13.3. The predicted molar refractivity (Wildman–Crippen MR) is 125 cm³/mol. The molecule has 3 aliphatic rings. The van der Waals surface area contributed by atoms with Gasteiger partial charge in [-0.1, -0.05) is 18.9 Å². The molecule has 8 nitrogen and oxygen atoms in total. The van der Waals surface area contributed by atoms with Crippen molar-refractivity contribution < 1.29 is 14.4 Å². The first-order valence-electron chi connectivity index (χ1n) is 12.4. The van der Waals surface area contributed by atoms with Gasteiger partial charge in [0, 0.05) is 45.0 Å². The molecule has 3 saturated heterocycles. The lowest BCUT2D eigenvalue weighted by molar-refractivity contribution is -0.137. The lowest BCUT2D eigenvalue weighted by atomic mass is 9.73. The number of nitrogens with zero attached hydrogens (tertiary/aromatic N) is 3. The van der Waals surface area contributed by atoms with Gasteiger partial charge < -0.3 is 15.5 Å². The van der Waals surface area contributed by atoms with Crippen LogP contribution < -0.4 is 10.6 Å². The first kappa shape index (κ1) is 23.7. The third kappa shape index (κ3) is 5.91. The molecule has 2 N–H and O–H groups in total. The normalized spacial score (nSPS) is 27.0. The highest BCUT2D eigenvalue weighted by molar-refractivity contribution is 5.88. The van der Waals surface area contributed by atoms with Crippen LogP contribution in [0.5, 0.6) is 0 Å². The van der Waals surface area contributed by atoms with Crippen molar-refractivity contribution in [3.05, 3.63) is 30.1 Å². The van der Waals surface area contributed by atoms with Crippen LogP contribution >= 0.6 is 0 Å². The summed E-state index contributed by atoms with van der Waals surface area (Å²) in [6.45, 7) is 5.62. The Morgan fingerprint density at radius 2 is 1.97 bits per heavy atom. The van der Waals surface area contributed by atoms with E-state index in [9.17, 15) is 14.4 Å². The van der Waals surface area contributed by atoms with E-state index in [0.717, 1.165) is 64.6 Å². The molecule has 1 aromatic rings. The summed E-state index contributed by atoms with van der Waals surface area (Å²) in [7, 11) is 0. The fourth-order valence-corrected chi connectivity index (χ4v) is 5.76. The van der Waals surface area contributed by atoms with E-state index in [1.54, 1.807) is 13.1 Å². The molecule has 180 valence electrons. The lowest BCUT2D eigenvalue weighted by Gasteiger charge is -2.42. The number of amides is 3. The molecule has 3 amide bonds. The molecule has 2 atom stereocenters. The molecule has 0 aliphatic carbocycles. The van der Waals surface area contributed by atoms with Crippen LogP contribution in [0.4, 0.5) is 0 Å². The summed E-state index contributed by atoms with van der Waals surface area (Å²) in [5.74, 6) is 0.288. The SMILES string of the molecule is CC(=O)N1CC[C@H]2NC(=O)CNC(=O)C3(CCCC[C@H]2C1)CCN(Cc1cccnc1)CC3. The van der Waals surface area contributed by atoms with Crippen LogP contribution in [-0.2, 0) is 20.9 Å². The molecule has 0 radical (unpaired) electrons.